The molecule has 0 aliphatic carbocycles. The maximum atomic E-state index is 13.0. The molecule has 0 aliphatic rings. The number of halogens is 1. The molecule has 3 rings (SSSR count). The van der Waals surface area contributed by atoms with Gasteiger partial charge in [0.2, 0.25) is 10.0 Å². The second-order valence-electron chi connectivity index (χ2n) is 6.16. The summed E-state index contributed by atoms with van der Waals surface area (Å²) in [6, 6.07) is 15.8. The highest BCUT2D eigenvalue weighted by atomic mass is 79.9. The molecule has 2 aromatic carbocycles. The zero-order chi connectivity index (χ0) is 21.6. The van der Waals surface area contributed by atoms with Crippen molar-refractivity contribution in [3.05, 3.63) is 82.7 Å². The van der Waals surface area contributed by atoms with Crippen LogP contribution in [0.25, 0.3) is 0 Å². The van der Waals surface area contributed by atoms with Crippen LogP contribution in [0.15, 0.2) is 85.8 Å². The molecule has 8 nitrogen and oxygen atoms in total. The molecule has 0 fully saturated rings. The summed E-state index contributed by atoms with van der Waals surface area (Å²) in [5.41, 5.74) is 2.66. The van der Waals surface area contributed by atoms with Crippen molar-refractivity contribution in [1.29, 1.82) is 0 Å². The highest BCUT2D eigenvalue weighted by molar-refractivity contribution is 9.10. The van der Waals surface area contributed by atoms with Gasteiger partial charge in [0.15, 0.2) is 0 Å². The molecular formula is C20H18BrN3O5S. The van der Waals surface area contributed by atoms with E-state index in [0.29, 0.717) is 11.3 Å². The molecule has 3 aromatic rings. The number of furan rings is 1. The number of amides is 1. The number of nitrogens with one attached hydrogen (secondary N) is 1. The molecule has 0 unspecified atom stereocenters. The van der Waals surface area contributed by atoms with Crippen LogP contribution in [0.5, 0.6) is 5.75 Å². The molecule has 0 saturated heterocycles. The van der Waals surface area contributed by atoms with Crippen molar-refractivity contribution < 1.29 is 22.7 Å². The third kappa shape index (κ3) is 5.56. The minimum Gasteiger partial charge on any atom is -0.507 e. The molecular weight excluding hydrogens is 474 g/mol. The van der Waals surface area contributed by atoms with Gasteiger partial charge in [0, 0.05) is 10.0 Å². The fourth-order valence-electron chi connectivity index (χ4n) is 2.54. The van der Waals surface area contributed by atoms with Gasteiger partial charge < -0.3 is 9.52 Å². The molecule has 0 saturated carbocycles. The standard InChI is InChI=1S/C20H18BrN3O5S/c21-16-8-9-19(25)15(11-16)12-22-23-20(26)14-24(13-17-5-4-10-29-17)30(27,28)18-6-2-1-3-7-18/h1-12,25H,13-14H2,(H,23,26)/b22-12-. The van der Waals surface area contributed by atoms with Gasteiger partial charge in [-0.1, -0.05) is 34.1 Å². The van der Waals surface area contributed by atoms with Crippen molar-refractivity contribution in [2.24, 2.45) is 5.10 Å². The Balaban J connectivity index is 1.75. The number of hydrogen-bond acceptors (Lipinski definition) is 6. The zero-order valence-electron chi connectivity index (χ0n) is 15.6. The number of phenols is 1. The average Bonchev–Trinajstić information content (AvgIpc) is 3.24. The van der Waals surface area contributed by atoms with Crippen molar-refractivity contribution in [3.8, 4) is 5.75 Å². The van der Waals surface area contributed by atoms with Crippen LogP contribution < -0.4 is 5.43 Å². The first kappa shape index (κ1) is 21.8. The summed E-state index contributed by atoms with van der Waals surface area (Å²) < 4.78 is 33.0. The molecule has 0 bridgehead atoms. The summed E-state index contributed by atoms with van der Waals surface area (Å²) in [6.07, 6.45) is 2.69. The van der Waals surface area contributed by atoms with Gasteiger partial charge in [-0.05, 0) is 42.5 Å². The number of phenolic OH excluding ortho intramolecular Hbond substituents is 1. The second kappa shape index (κ2) is 9.70. The lowest BCUT2D eigenvalue weighted by atomic mass is 10.2. The minimum atomic E-state index is -3.95. The van der Waals surface area contributed by atoms with Gasteiger partial charge in [-0.25, -0.2) is 13.8 Å². The van der Waals surface area contributed by atoms with Crippen LogP contribution in [-0.4, -0.2) is 36.5 Å². The lowest BCUT2D eigenvalue weighted by molar-refractivity contribution is -0.121. The van der Waals surface area contributed by atoms with Gasteiger partial charge in [-0.15, -0.1) is 0 Å². The predicted molar refractivity (Wildman–Crippen MR) is 114 cm³/mol. The van der Waals surface area contributed by atoms with E-state index in [0.717, 1.165) is 8.78 Å². The minimum absolute atomic E-state index is 0.0118. The number of benzene rings is 2. The van der Waals surface area contributed by atoms with E-state index in [1.807, 2.05) is 0 Å². The summed E-state index contributed by atoms with van der Waals surface area (Å²) in [5, 5.41) is 13.6. The number of aromatic hydroxyl groups is 1. The average molecular weight is 492 g/mol. The number of rotatable bonds is 8. The Hall–Kier alpha value is -2.95. The first-order chi connectivity index (χ1) is 14.4. The van der Waals surface area contributed by atoms with E-state index in [2.05, 4.69) is 26.5 Å². The molecule has 0 radical (unpaired) electrons. The summed E-state index contributed by atoms with van der Waals surface area (Å²) in [5.74, 6) is -0.265. The van der Waals surface area contributed by atoms with Crippen molar-refractivity contribution in [1.82, 2.24) is 9.73 Å². The summed E-state index contributed by atoms with van der Waals surface area (Å²) >= 11 is 3.28. The van der Waals surface area contributed by atoms with E-state index < -0.39 is 22.5 Å². The van der Waals surface area contributed by atoms with E-state index in [1.54, 1.807) is 42.5 Å². The summed E-state index contributed by atoms with van der Waals surface area (Å²) in [4.78, 5) is 12.4. The topological polar surface area (TPSA) is 112 Å². The van der Waals surface area contributed by atoms with Crippen molar-refractivity contribution in [3.63, 3.8) is 0 Å². The Labute approximate surface area is 182 Å². The lowest BCUT2D eigenvalue weighted by Crippen LogP contribution is -2.38. The molecule has 1 heterocycles. The SMILES string of the molecule is O=C(CN(Cc1ccco1)S(=O)(=O)c1ccccc1)N/N=C\c1cc(Br)ccc1O. The molecule has 10 heteroatoms. The largest absolute Gasteiger partial charge is 0.507 e. The Morgan fingerprint density at radius 3 is 2.63 bits per heavy atom. The van der Waals surface area contributed by atoms with Crippen LogP contribution in [0.4, 0.5) is 0 Å². The summed E-state index contributed by atoms with van der Waals surface area (Å²) in [7, 11) is -3.95. The van der Waals surface area contributed by atoms with Crippen LogP contribution in [0.1, 0.15) is 11.3 Å². The van der Waals surface area contributed by atoms with E-state index in [1.165, 1.54) is 30.7 Å². The van der Waals surface area contributed by atoms with Crippen LogP contribution in [0.2, 0.25) is 0 Å². The fourth-order valence-corrected chi connectivity index (χ4v) is 4.30. The van der Waals surface area contributed by atoms with E-state index >= 15 is 0 Å². The first-order valence-electron chi connectivity index (χ1n) is 8.74. The lowest BCUT2D eigenvalue weighted by Gasteiger charge is -2.20. The Morgan fingerprint density at radius 2 is 1.93 bits per heavy atom. The number of sulfonamides is 1. The van der Waals surface area contributed by atoms with E-state index in [9.17, 15) is 18.3 Å². The highest BCUT2D eigenvalue weighted by Crippen LogP contribution is 2.20. The maximum absolute atomic E-state index is 13.0. The maximum Gasteiger partial charge on any atom is 0.255 e. The third-order valence-corrected chi connectivity index (χ3v) is 6.29. The molecule has 1 aromatic heterocycles. The number of carbonyl (C=O) groups excluding carboxylic acids is 1. The predicted octanol–water partition coefficient (Wildman–Crippen LogP) is 3.09. The van der Waals surface area contributed by atoms with Crippen LogP contribution >= 0.6 is 15.9 Å². The molecule has 2 N–H and O–H groups in total. The number of hydrogen-bond donors (Lipinski definition) is 2. The van der Waals surface area contributed by atoms with Gasteiger partial charge in [0.1, 0.15) is 11.5 Å². The number of hydrazone groups is 1. The quantitative estimate of drug-likeness (QED) is 0.371. The number of nitrogens with zero attached hydrogens (tertiary/aromatic N) is 2. The highest BCUT2D eigenvalue weighted by Gasteiger charge is 2.27. The summed E-state index contributed by atoms with van der Waals surface area (Å²) in [6.45, 7) is -0.590. The van der Waals surface area contributed by atoms with E-state index in [-0.39, 0.29) is 17.2 Å². The van der Waals surface area contributed by atoms with Gasteiger partial charge in [0.25, 0.3) is 5.91 Å². The van der Waals surface area contributed by atoms with E-state index in [4.69, 9.17) is 4.42 Å². The normalized spacial score (nSPS) is 11.8. The van der Waals surface area contributed by atoms with Crippen LogP contribution in [0.3, 0.4) is 0 Å². The molecule has 0 spiro atoms. The Kier molecular flexibility index (Phi) is 7.03. The van der Waals surface area contributed by atoms with Crippen molar-refractivity contribution in [2.45, 2.75) is 11.4 Å². The fraction of sp³-hybridized carbons (Fsp3) is 0.100. The second-order valence-corrected chi connectivity index (χ2v) is 9.02. The third-order valence-electron chi connectivity index (χ3n) is 4.00. The number of carbonyl (C=O) groups is 1. The van der Waals surface area contributed by atoms with Gasteiger partial charge in [-0.3, -0.25) is 4.79 Å². The van der Waals surface area contributed by atoms with Crippen LogP contribution in [0, 0.1) is 0 Å². The molecule has 0 atom stereocenters. The van der Waals surface area contributed by atoms with Gasteiger partial charge >= 0.3 is 0 Å². The molecule has 156 valence electrons. The first-order valence-corrected chi connectivity index (χ1v) is 11.0. The zero-order valence-corrected chi connectivity index (χ0v) is 18.0. The Morgan fingerprint density at radius 1 is 1.17 bits per heavy atom. The molecule has 1 amide bonds. The molecule has 0 aliphatic heterocycles. The van der Waals surface area contributed by atoms with Gasteiger partial charge in [-0.2, -0.15) is 9.41 Å². The smallest absolute Gasteiger partial charge is 0.255 e. The monoisotopic (exact) mass is 491 g/mol. The van der Waals surface area contributed by atoms with Gasteiger partial charge in [0.05, 0.1) is 30.5 Å². The van der Waals surface area contributed by atoms with Crippen LogP contribution in [-0.2, 0) is 21.4 Å². The molecule has 30 heavy (non-hydrogen) atoms. The van der Waals surface area contributed by atoms with Crippen molar-refractivity contribution in [2.75, 3.05) is 6.54 Å². The van der Waals surface area contributed by atoms with Crippen molar-refractivity contribution >= 4 is 38.1 Å². The Bertz CT molecular complexity index is 1130.